The van der Waals surface area contributed by atoms with Crippen LogP contribution in [-0.4, -0.2) is 24.5 Å². The van der Waals surface area contributed by atoms with E-state index in [-0.39, 0.29) is 0 Å². The normalized spacial score (nSPS) is 12.8. The molecule has 0 amide bonds. The van der Waals surface area contributed by atoms with Crippen molar-refractivity contribution in [2.45, 2.75) is 156 Å². The van der Waals surface area contributed by atoms with Gasteiger partial charge in [0.1, 0.15) is 0 Å². The van der Waals surface area contributed by atoms with Crippen LogP contribution in [0.2, 0.25) is 0 Å². The third kappa shape index (κ3) is 23.0. The highest BCUT2D eigenvalue weighted by atomic mass is 15.1. The summed E-state index contributed by atoms with van der Waals surface area (Å²) in [6.07, 6.45) is 32.2. The lowest BCUT2D eigenvalue weighted by molar-refractivity contribution is 0.280. The molecule has 0 aliphatic heterocycles. The molecule has 0 spiro atoms. The molecule has 1 unspecified atom stereocenters. The maximum atomic E-state index is 4.41. The number of hydrogen-bond acceptors (Lipinski definition) is 1. The Bertz CT molecular complexity index is 420. The molecule has 0 aromatic carbocycles. The maximum absolute atomic E-state index is 4.41. The van der Waals surface area contributed by atoms with Gasteiger partial charge in [-0.2, -0.15) is 0 Å². The second-order valence-electron chi connectivity index (χ2n) is 10.4. The van der Waals surface area contributed by atoms with E-state index < -0.39 is 0 Å². The van der Waals surface area contributed by atoms with Gasteiger partial charge in [-0.15, -0.1) is 0 Å². The molecule has 0 bridgehead atoms. The average Bonchev–Trinajstić information content (AvgIpc) is 2.82. The zero-order chi connectivity index (χ0) is 24.4. The van der Waals surface area contributed by atoms with E-state index in [1.54, 1.807) is 0 Å². The summed E-state index contributed by atoms with van der Waals surface area (Å²) in [5, 5.41) is 0. The Morgan fingerprint density at radius 2 is 1.18 bits per heavy atom. The number of nitrogens with zero attached hydrogens (tertiary/aromatic N) is 1. The van der Waals surface area contributed by atoms with Gasteiger partial charge >= 0.3 is 0 Å². The van der Waals surface area contributed by atoms with Crippen LogP contribution in [0.5, 0.6) is 0 Å². The minimum atomic E-state index is 0.916. The van der Waals surface area contributed by atoms with Gasteiger partial charge in [0.2, 0.25) is 0 Å². The Hall–Kier alpha value is -0.560. The third-order valence-electron chi connectivity index (χ3n) is 7.38. The van der Waals surface area contributed by atoms with Crippen LogP contribution in [0.1, 0.15) is 156 Å². The van der Waals surface area contributed by atoms with Crippen LogP contribution in [-0.2, 0) is 0 Å². The molecule has 1 heteroatoms. The van der Waals surface area contributed by atoms with E-state index in [0.29, 0.717) is 0 Å². The molecular formula is C32H63N. The molecule has 0 N–H and O–H groups in total. The van der Waals surface area contributed by atoms with Crippen molar-refractivity contribution in [1.82, 2.24) is 4.90 Å². The third-order valence-corrected chi connectivity index (χ3v) is 7.38. The number of allylic oxidation sites excluding steroid dienone is 3. The molecule has 0 aliphatic carbocycles. The fourth-order valence-corrected chi connectivity index (χ4v) is 4.96. The Kier molecular flexibility index (Phi) is 25.6. The number of unbranched alkanes of at least 4 members (excludes halogenated alkanes) is 11. The van der Waals surface area contributed by atoms with E-state index in [0.717, 1.165) is 5.92 Å². The molecule has 0 heterocycles. The van der Waals surface area contributed by atoms with Crippen molar-refractivity contribution in [3.8, 4) is 0 Å². The lowest BCUT2D eigenvalue weighted by Crippen LogP contribution is -2.24. The van der Waals surface area contributed by atoms with Gasteiger partial charge in [0.05, 0.1) is 0 Å². The molecule has 1 nitrogen and oxygen atoms in total. The molecule has 196 valence electrons. The zero-order valence-electron chi connectivity index (χ0n) is 23.6. The Balaban J connectivity index is 3.57. The molecule has 0 aromatic heterocycles. The van der Waals surface area contributed by atoms with E-state index in [1.807, 2.05) is 0 Å². The minimum absolute atomic E-state index is 0.916. The summed E-state index contributed by atoms with van der Waals surface area (Å²) < 4.78 is 0. The lowest BCUT2D eigenvalue weighted by atomic mass is 9.90. The average molecular weight is 462 g/mol. The van der Waals surface area contributed by atoms with Gasteiger partial charge in [-0.05, 0) is 89.8 Å². The van der Waals surface area contributed by atoms with Crippen molar-refractivity contribution in [2.75, 3.05) is 19.6 Å². The van der Waals surface area contributed by atoms with Gasteiger partial charge in [0.15, 0.2) is 0 Å². The summed E-state index contributed by atoms with van der Waals surface area (Å²) in [4.78, 5) is 2.57. The molecule has 33 heavy (non-hydrogen) atoms. The standard InChI is InChI=1S/C32H63N/c1-6-10-11-12-13-14-15-16-17-18-19-20-21-22-23-26-31(5)28-29-32(25-7-2)27-24-30-33(8-3)9-4/h13-14,32H,5-12,15-30H2,1-4H3/b14-13-. The second kappa shape index (κ2) is 26.1. The first-order chi connectivity index (χ1) is 16.2. The fraction of sp³-hybridized carbons (Fsp3) is 0.875. The van der Waals surface area contributed by atoms with E-state index >= 15 is 0 Å². The van der Waals surface area contributed by atoms with Gasteiger partial charge in [-0.3, -0.25) is 0 Å². The first-order valence-electron chi connectivity index (χ1n) is 15.2. The van der Waals surface area contributed by atoms with Crippen LogP contribution in [0.25, 0.3) is 0 Å². The summed E-state index contributed by atoms with van der Waals surface area (Å²) >= 11 is 0. The first kappa shape index (κ1) is 32.4. The van der Waals surface area contributed by atoms with Crippen LogP contribution in [0.15, 0.2) is 24.3 Å². The summed E-state index contributed by atoms with van der Waals surface area (Å²) in [6, 6.07) is 0. The molecule has 0 radical (unpaired) electrons. The molecule has 0 aliphatic rings. The molecule has 1 atom stereocenters. The largest absolute Gasteiger partial charge is 0.304 e. The van der Waals surface area contributed by atoms with Crippen molar-refractivity contribution in [1.29, 1.82) is 0 Å². The highest BCUT2D eigenvalue weighted by molar-refractivity contribution is 4.94. The monoisotopic (exact) mass is 461 g/mol. The van der Waals surface area contributed by atoms with E-state index in [9.17, 15) is 0 Å². The SMILES string of the molecule is C=C(CCCCCCCCCC/C=C\CCCCC)CCC(CCC)CCCN(CC)CC. The zero-order valence-corrected chi connectivity index (χ0v) is 23.6. The predicted molar refractivity (Wildman–Crippen MR) is 153 cm³/mol. The van der Waals surface area contributed by atoms with Gasteiger partial charge < -0.3 is 4.90 Å². The summed E-state index contributed by atoms with van der Waals surface area (Å²) in [5.74, 6) is 0.916. The number of hydrogen-bond donors (Lipinski definition) is 0. The summed E-state index contributed by atoms with van der Waals surface area (Å²) in [6.45, 7) is 17.3. The molecule has 0 rings (SSSR count). The van der Waals surface area contributed by atoms with Crippen LogP contribution >= 0.6 is 0 Å². The highest BCUT2D eigenvalue weighted by Crippen LogP contribution is 2.24. The first-order valence-corrected chi connectivity index (χ1v) is 15.2. The molecule has 0 saturated carbocycles. The minimum Gasteiger partial charge on any atom is -0.304 e. The molecule has 0 aromatic rings. The van der Waals surface area contributed by atoms with Gasteiger partial charge in [0, 0.05) is 0 Å². The summed E-state index contributed by atoms with van der Waals surface area (Å²) in [7, 11) is 0. The van der Waals surface area contributed by atoms with Crippen molar-refractivity contribution >= 4 is 0 Å². The van der Waals surface area contributed by atoms with Crippen LogP contribution < -0.4 is 0 Å². The van der Waals surface area contributed by atoms with E-state index in [1.165, 1.54) is 154 Å². The summed E-state index contributed by atoms with van der Waals surface area (Å²) in [5.41, 5.74) is 1.52. The van der Waals surface area contributed by atoms with Crippen molar-refractivity contribution < 1.29 is 0 Å². The van der Waals surface area contributed by atoms with Crippen LogP contribution in [0.3, 0.4) is 0 Å². The Morgan fingerprint density at radius 3 is 1.76 bits per heavy atom. The molecule has 0 saturated heterocycles. The van der Waals surface area contributed by atoms with Crippen LogP contribution in [0.4, 0.5) is 0 Å². The highest BCUT2D eigenvalue weighted by Gasteiger charge is 2.10. The van der Waals surface area contributed by atoms with Gasteiger partial charge in [-0.1, -0.05) is 116 Å². The van der Waals surface area contributed by atoms with Gasteiger partial charge in [0.25, 0.3) is 0 Å². The van der Waals surface area contributed by atoms with Crippen molar-refractivity contribution in [3.63, 3.8) is 0 Å². The Morgan fingerprint density at radius 1 is 0.606 bits per heavy atom. The topological polar surface area (TPSA) is 3.24 Å². The van der Waals surface area contributed by atoms with E-state index in [2.05, 4.69) is 51.3 Å². The van der Waals surface area contributed by atoms with E-state index in [4.69, 9.17) is 0 Å². The lowest BCUT2D eigenvalue weighted by Gasteiger charge is -2.21. The Labute approximate surface area is 210 Å². The smallest absolute Gasteiger partial charge is 0.00189 e. The van der Waals surface area contributed by atoms with Crippen LogP contribution in [0, 0.1) is 5.92 Å². The van der Waals surface area contributed by atoms with Crippen molar-refractivity contribution in [2.24, 2.45) is 5.92 Å². The van der Waals surface area contributed by atoms with Crippen molar-refractivity contribution in [3.05, 3.63) is 24.3 Å². The quantitative estimate of drug-likeness (QED) is 0.0914. The number of rotatable bonds is 26. The maximum Gasteiger partial charge on any atom is -0.00189 e. The van der Waals surface area contributed by atoms with Gasteiger partial charge in [-0.25, -0.2) is 0 Å². The molecular weight excluding hydrogens is 398 g/mol. The second-order valence-corrected chi connectivity index (χ2v) is 10.4. The fourth-order valence-electron chi connectivity index (χ4n) is 4.96. The molecule has 0 fully saturated rings. The predicted octanol–water partition coefficient (Wildman–Crippen LogP) is 10.9.